The highest BCUT2D eigenvalue weighted by Crippen LogP contribution is 2.06. The summed E-state index contributed by atoms with van der Waals surface area (Å²) in [6, 6.07) is -1.26. The third-order valence-electron chi connectivity index (χ3n) is 2.34. The lowest BCUT2D eigenvalue weighted by Crippen LogP contribution is -2.49. The van der Waals surface area contributed by atoms with Gasteiger partial charge in [0.15, 0.2) is 6.04 Å². The monoisotopic (exact) mass is 232 g/mol. The first-order valence-corrected chi connectivity index (χ1v) is 5.31. The van der Waals surface area contributed by atoms with E-state index in [-0.39, 0.29) is 11.8 Å². The van der Waals surface area contributed by atoms with Crippen LogP contribution in [0.5, 0.6) is 0 Å². The van der Waals surface area contributed by atoms with Crippen LogP contribution >= 0.6 is 0 Å². The van der Waals surface area contributed by atoms with Gasteiger partial charge in [-0.1, -0.05) is 6.92 Å². The number of hydrogen-bond acceptors (Lipinski definition) is 4. The van der Waals surface area contributed by atoms with Gasteiger partial charge in [0.1, 0.15) is 0 Å². The van der Waals surface area contributed by atoms with Crippen molar-refractivity contribution in [2.24, 2.45) is 11.7 Å². The maximum Gasteiger partial charge on any atom is 0.328 e. The standard InChI is InChI=1S/C10H20N2O4/c1-6(4-3-5-11)9(14)12-8(7(2)13)10(15)16/h6-8,13H,3-5,11H2,1-2H3,(H,12,14)(H,15,16). The topological polar surface area (TPSA) is 113 Å². The van der Waals surface area contributed by atoms with Crippen molar-refractivity contribution < 1.29 is 19.8 Å². The van der Waals surface area contributed by atoms with Crippen molar-refractivity contribution in [3.63, 3.8) is 0 Å². The number of carbonyl (C=O) groups excluding carboxylic acids is 1. The summed E-state index contributed by atoms with van der Waals surface area (Å²) in [5.74, 6) is -1.92. The van der Waals surface area contributed by atoms with Crippen molar-refractivity contribution in [2.75, 3.05) is 6.54 Å². The largest absolute Gasteiger partial charge is 0.480 e. The zero-order chi connectivity index (χ0) is 12.7. The van der Waals surface area contributed by atoms with Crippen molar-refractivity contribution in [1.29, 1.82) is 0 Å². The second-order valence-electron chi connectivity index (χ2n) is 3.90. The highest BCUT2D eigenvalue weighted by atomic mass is 16.4. The number of nitrogens with one attached hydrogen (secondary N) is 1. The maximum absolute atomic E-state index is 11.5. The van der Waals surface area contributed by atoms with Gasteiger partial charge in [-0.2, -0.15) is 0 Å². The zero-order valence-corrected chi connectivity index (χ0v) is 9.64. The van der Waals surface area contributed by atoms with Crippen LogP contribution in [0.1, 0.15) is 26.7 Å². The van der Waals surface area contributed by atoms with Crippen LogP contribution in [0.3, 0.4) is 0 Å². The summed E-state index contributed by atoms with van der Waals surface area (Å²) in [7, 11) is 0. The van der Waals surface area contributed by atoms with Gasteiger partial charge in [0.05, 0.1) is 6.10 Å². The van der Waals surface area contributed by atoms with E-state index < -0.39 is 18.1 Å². The predicted molar refractivity (Wildman–Crippen MR) is 58.7 cm³/mol. The zero-order valence-electron chi connectivity index (χ0n) is 9.64. The Labute approximate surface area is 94.8 Å². The average Bonchev–Trinajstić information content (AvgIpc) is 2.20. The van der Waals surface area contributed by atoms with Gasteiger partial charge < -0.3 is 21.3 Å². The molecule has 0 spiro atoms. The Hall–Kier alpha value is -1.14. The first kappa shape index (κ1) is 14.9. The molecule has 0 rings (SSSR count). The summed E-state index contributed by atoms with van der Waals surface area (Å²) in [5.41, 5.74) is 5.31. The minimum atomic E-state index is -1.26. The van der Waals surface area contributed by atoms with E-state index in [2.05, 4.69) is 5.32 Å². The number of amides is 1. The minimum absolute atomic E-state index is 0.302. The third-order valence-corrected chi connectivity index (χ3v) is 2.34. The van der Waals surface area contributed by atoms with Crippen molar-refractivity contribution in [2.45, 2.75) is 38.8 Å². The molecule has 0 aliphatic carbocycles. The van der Waals surface area contributed by atoms with Crippen LogP contribution in [0.15, 0.2) is 0 Å². The highest BCUT2D eigenvalue weighted by molar-refractivity contribution is 5.85. The molecule has 1 amide bonds. The Morgan fingerprint density at radius 2 is 1.94 bits per heavy atom. The number of aliphatic hydroxyl groups excluding tert-OH is 1. The molecule has 0 aromatic heterocycles. The van der Waals surface area contributed by atoms with Crippen LogP contribution in [-0.4, -0.2) is 40.8 Å². The first-order chi connectivity index (χ1) is 7.40. The fourth-order valence-corrected chi connectivity index (χ4v) is 1.24. The summed E-state index contributed by atoms with van der Waals surface area (Å²) in [6.07, 6.45) is 0.193. The lowest BCUT2D eigenvalue weighted by atomic mass is 10.0. The van der Waals surface area contributed by atoms with Gasteiger partial charge in [-0.05, 0) is 26.3 Å². The molecule has 0 radical (unpaired) electrons. The van der Waals surface area contributed by atoms with Crippen LogP contribution in [0.25, 0.3) is 0 Å². The van der Waals surface area contributed by atoms with Crippen LogP contribution in [0.2, 0.25) is 0 Å². The first-order valence-electron chi connectivity index (χ1n) is 5.31. The molecule has 6 heteroatoms. The molecular formula is C10H20N2O4. The molecule has 0 aliphatic heterocycles. The molecular weight excluding hydrogens is 212 g/mol. The smallest absolute Gasteiger partial charge is 0.328 e. The van der Waals surface area contributed by atoms with E-state index in [1.54, 1.807) is 6.92 Å². The van der Waals surface area contributed by atoms with Crippen molar-refractivity contribution in [1.82, 2.24) is 5.32 Å². The average molecular weight is 232 g/mol. The number of aliphatic carboxylic acids is 1. The van der Waals surface area contributed by atoms with Gasteiger partial charge in [0, 0.05) is 5.92 Å². The molecule has 0 fully saturated rings. The van der Waals surface area contributed by atoms with Crippen LogP contribution in [0.4, 0.5) is 0 Å². The number of rotatable bonds is 7. The second-order valence-corrected chi connectivity index (χ2v) is 3.90. The lowest BCUT2D eigenvalue weighted by Gasteiger charge is -2.19. The summed E-state index contributed by atoms with van der Waals surface area (Å²) in [4.78, 5) is 22.3. The van der Waals surface area contributed by atoms with Gasteiger partial charge in [-0.15, -0.1) is 0 Å². The molecule has 5 N–H and O–H groups in total. The van der Waals surface area contributed by atoms with E-state index in [9.17, 15) is 14.7 Å². The number of hydrogen-bond donors (Lipinski definition) is 4. The number of carbonyl (C=O) groups is 2. The Balaban J connectivity index is 4.24. The van der Waals surface area contributed by atoms with Crippen molar-refractivity contribution >= 4 is 11.9 Å². The minimum Gasteiger partial charge on any atom is -0.480 e. The van der Waals surface area contributed by atoms with E-state index in [0.29, 0.717) is 19.4 Å². The van der Waals surface area contributed by atoms with Crippen molar-refractivity contribution in [3.05, 3.63) is 0 Å². The van der Waals surface area contributed by atoms with Crippen LogP contribution in [0, 0.1) is 5.92 Å². The van der Waals surface area contributed by atoms with Crippen molar-refractivity contribution in [3.8, 4) is 0 Å². The van der Waals surface area contributed by atoms with Gasteiger partial charge >= 0.3 is 5.97 Å². The Morgan fingerprint density at radius 1 is 1.38 bits per heavy atom. The number of aliphatic hydroxyl groups is 1. The van der Waals surface area contributed by atoms with E-state index in [4.69, 9.17) is 10.8 Å². The molecule has 0 bridgehead atoms. The van der Waals surface area contributed by atoms with E-state index in [1.807, 2.05) is 0 Å². The van der Waals surface area contributed by atoms with Gasteiger partial charge in [-0.3, -0.25) is 4.79 Å². The van der Waals surface area contributed by atoms with Gasteiger partial charge in [-0.25, -0.2) is 4.79 Å². The molecule has 0 saturated heterocycles. The van der Waals surface area contributed by atoms with Gasteiger partial charge in [0.2, 0.25) is 5.91 Å². The summed E-state index contributed by atoms with van der Waals surface area (Å²) in [5, 5.41) is 20.2. The third kappa shape index (κ3) is 5.09. The SMILES string of the molecule is CC(CCCN)C(=O)NC(C(=O)O)C(C)O. The summed E-state index contributed by atoms with van der Waals surface area (Å²) < 4.78 is 0. The number of nitrogens with two attached hydrogens (primary N) is 1. The molecule has 0 aromatic carbocycles. The molecule has 0 aromatic rings. The summed E-state index contributed by atoms with van der Waals surface area (Å²) in [6.45, 7) is 3.52. The van der Waals surface area contributed by atoms with E-state index >= 15 is 0 Å². The van der Waals surface area contributed by atoms with E-state index in [0.717, 1.165) is 0 Å². The number of carboxylic acids is 1. The Kier molecular flexibility index (Phi) is 6.67. The quantitative estimate of drug-likeness (QED) is 0.464. The second kappa shape index (κ2) is 7.19. The van der Waals surface area contributed by atoms with Gasteiger partial charge in [0.25, 0.3) is 0 Å². The molecule has 16 heavy (non-hydrogen) atoms. The molecule has 0 heterocycles. The highest BCUT2D eigenvalue weighted by Gasteiger charge is 2.26. The van der Waals surface area contributed by atoms with Crippen LogP contribution in [-0.2, 0) is 9.59 Å². The molecule has 94 valence electrons. The fraction of sp³-hybridized carbons (Fsp3) is 0.800. The summed E-state index contributed by atoms with van der Waals surface area (Å²) >= 11 is 0. The molecule has 6 nitrogen and oxygen atoms in total. The Morgan fingerprint density at radius 3 is 2.31 bits per heavy atom. The van der Waals surface area contributed by atoms with Crippen LogP contribution < -0.4 is 11.1 Å². The fourth-order valence-electron chi connectivity index (χ4n) is 1.24. The van der Waals surface area contributed by atoms with E-state index in [1.165, 1.54) is 6.92 Å². The molecule has 3 unspecified atom stereocenters. The maximum atomic E-state index is 11.5. The molecule has 0 aliphatic rings. The lowest BCUT2D eigenvalue weighted by molar-refractivity contribution is -0.145. The number of carboxylic acid groups (broad SMARTS) is 1. The normalized spacial score (nSPS) is 16.2. The Bertz CT molecular complexity index is 243. The predicted octanol–water partition coefficient (Wildman–Crippen LogP) is -0.688. The molecule has 3 atom stereocenters. The molecule has 0 saturated carbocycles.